The Morgan fingerprint density at radius 3 is 2.43 bits per heavy atom. The van der Waals surface area contributed by atoms with Gasteiger partial charge in [-0.3, -0.25) is 0 Å². The molecule has 3 N–H and O–H groups in total. The van der Waals surface area contributed by atoms with Crippen LogP contribution in [-0.2, 0) is 6.18 Å². The van der Waals surface area contributed by atoms with E-state index in [1.807, 2.05) is 0 Å². The summed E-state index contributed by atoms with van der Waals surface area (Å²) in [7, 11) is 0. The third kappa shape index (κ3) is 2.71. The number of carbonyl (C=O) groups is 1. The predicted molar refractivity (Wildman–Crippen MR) is 70.8 cm³/mol. The van der Waals surface area contributed by atoms with Crippen molar-refractivity contribution in [2.45, 2.75) is 13.1 Å². The van der Waals surface area contributed by atoms with E-state index in [9.17, 15) is 22.4 Å². The first kappa shape index (κ1) is 15.3. The smallest absolute Gasteiger partial charge is 0.416 e. The van der Waals surface area contributed by atoms with Crippen molar-refractivity contribution in [1.82, 2.24) is 0 Å². The number of hydrogen-bond donors (Lipinski definition) is 2. The van der Waals surface area contributed by atoms with Crippen molar-refractivity contribution in [2.24, 2.45) is 0 Å². The molecule has 0 aliphatic carbocycles. The van der Waals surface area contributed by atoms with Crippen molar-refractivity contribution in [1.29, 1.82) is 0 Å². The fourth-order valence-electron chi connectivity index (χ4n) is 1.82. The molecule has 1 heterocycles. The number of nitrogens with two attached hydrogens (primary N) is 1. The number of aromatic carboxylic acids is 1. The van der Waals surface area contributed by atoms with Crippen molar-refractivity contribution >= 4 is 23.0 Å². The summed E-state index contributed by atoms with van der Waals surface area (Å²) in [6.45, 7) is 1.44. The number of nitrogen functional groups attached to an aromatic ring is 1. The molecule has 3 nitrogen and oxygen atoms in total. The Morgan fingerprint density at radius 2 is 1.95 bits per heavy atom. The Hall–Kier alpha value is -2.09. The van der Waals surface area contributed by atoms with Gasteiger partial charge in [0.05, 0.1) is 11.3 Å². The SMILES string of the molecule is Cc1c(-c2cc(C(F)(F)F)ccc2F)sc(C(=O)O)c1N. The average molecular weight is 319 g/mol. The minimum Gasteiger partial charge on any atom is -0.477 e. The molecule has 1 aromatic carbocycles. The summed E-state index contributed by atoms with van der Waals surface area (Å²) < 4.78 is 51.9. The molecule has 0 aliphatic rings. The van der Waals surface area contributed by atoms with Crippen LogP contribution in [0.1, 0.15) is 20.8 Å². The molecule has 2 rings (SSSR count). The molecule has 0 atom stereocenters. The highest BCUT2D eigenvalue weighted by Crippen LogP contribution is 2.41. The molecule has 0 saturated heterocycles. The number of alkyl halides is 3. The van der Waals surface area contributed by atoms with Crippen molar-refractivity contribution in [3.05, 3.63) is 40.0 Å². The molecule has 0 saturated carbocycles. The number of halogens is 4. The molecule has 112 valence electrons. The summed E-state index contributed by atoms with van der Waals surface area (Å²) in [5.74, 6) is -2.18. The van der Waals surface area contributed by atoms with Crippen molar-refractivity contribution < 1.29 is 27.5 Å². The molecule has 2 aromatic rings. The van der Waals surface area contributed by atoms with E-state index in [0.29, 0.717) is 29.5 Å². The molecule has 1 aromatic heterocycles. The summed E-state index contributed by atoms with van der Waals surface area (Å²) in [4.78, 5) is 10.8. The van der Waals surface area contributed by atoms with E-state index >= 15 is 0 Å². The van der Waals surface area contributed by atoms with Crippen LogP contribution in [0.5, 0.6) is 0 Å². The molecule has 0 bridgehead atoms. The molecular formula is C13H9F4NO2S. The summed E-state index contributed by atoms with van der Waals surface area (Å²) in [5, 5.41) is 8.96. The summed E-state index contributed by atoms with van der Waals surface area (Å²) in [6.07, 6.45) is -4.62. The van der Waals surface area contributed by atoms with Gasteiger partial charge in [0.1, 0.15) is 10.7 Å². The zero-order chi connectivity index (χ0) is 15.9. The monoisotopic (exact) mass is 319 g/mol. The van der Waals surface area contributed by atoms with Crippen molar-refractivity contribution in [3.63, 3.8) is 0 Å². The number of rotatable bonds is 2. The van der Waals surface area contributed by atoms with Crippen LogP contribution in [0, 0.1) is 12.7 Å². The van der Waals surface area contributed by atoms with Gasteiger partial charge in [-0.25, -0.2) is 9.18 Å². The first-order valence-electron chi connectivity index (χ1n) is 5.62. The van der Waals surface area contributed by atoms with Crippen LogP contribution in [0.15, 0.2) is 18.2 Å². The maximum Gasteiger partial charge on any atom is 0.416 e. The maximum absolute atomic E-state index is 13.8. The number of carboxylic acids is 1. The first-order valence-corrected chi connectivity index (χ1v) is 6.44. The number of thiophene rings is 1. The molecule has 0 unspecified atom stereocenters. The minimum absolute atomic E-state index is 0.0701. The molecule has 0 spiro atoms. The van der Waals surface area contributed by atoms with Gasteiger partial charge < -0.3 is 10.8 Å². The Balaban J connectivity index is 2.67. The molecule has 0 fully saturated rings. The van der Waals surface area contributed by atoms with E-state index in [4.69, 9.17) is 10.8 Å². The van der Waals surface area contributed by atoms with Gasteiger partial charge in [0.25, 0.3) is 0 Å². The van der Waals surface area contributed by atoms with E-state index in [0.717, 1.165) is 0 Å². The second kappa shape index (κ2) is 5.03. The van der Waals surface area contributed by atoms with Crippen LogP contribution in [0.3, 0.4) is 0 Å². The number of carboxylic acid groups (broad SMARTS) is 1. The lowest BCUT2D eigenvalue weighted by molar-refractivity contribution is -0.137. The highest BCUT2D eigenvalue weighted by molar-refractivity contribution is 7.18. The zero-order valence-corrected chi connectivity index (χ0v) is 11.4. The van der Waals surface area contributed by atoms with Gasteiger partial charge >= 0.3 is 12.1 Å². The average Bonchev–Trinajstić information content (AvgIpc) is 2.66. The highest BCUT2D eigenvalue weighted by atomic mass is 32.1. The minimum atomic E-state index is -4.62. The van der Waals surface area contributed by atoms with Gasteiger partial charge in [0, 0.05) is 10.4 Å². The fraction of sp³-hybridized carbons (Fsp3) is 0.154. The quantitative estimate of drug-likeness (QED) is 0.817. The van der Waals surface area contributed by atoms with Gasteiger partial charge in [-0.1, -0.05) is 0 Å². The largest absolute Gasteiger partial charge is 0.477 e. The molecule has 0 aliphatic heterocycles. The lowest BCUT2D eigenvalue weighted by Gasteiger charge is -2.09. The lowest BCUT2D eigenvalue weighted by atomic mass is 10.1. The van der Waals surface area contributed by atoms with E-state index in [-0.39, 0.29) is 26.6 Å². The number of hydrogen-bond acceptors (Lipinski definition) is 3. The van der Waals surface area contributed by atoms with Crippen molar-refractivity contribution in [3.8, 4) is 10.4 Å². The standard InChI is InChI=1S/C13H9F4NO2S/c1-5-9(18)11(12(19)20)21-10(5)7-4-6(13(15,16)17)2-3-8(7)14/h2-4H,18H2,1H3,(H,19,20). The van der Waals surface area contributed by atoms with E-state index < -0.39 is 23.5 Å². The normalized spacial score (nSPS) is 11.7. The van der Waals surface area contributed by atoms with Gasteiger partial charge in [-0.05, 0) is 30.7 Å². The summed E-state index contributed by atoms with van der Waals surface area (Å²) >= 11 is 0.649. The van der Waals surface area contributed by atoms with E-state index in [1.54, 1.807) is 0 Å². The van der Waals surface area contributed by atoms with Crippen LogP contribution in [0.25, 0.3) is 10.4 Å². The molecular weight excluding hydrogens is 310 g/mol. The predicted octanol–water partition coefficient (Wildman–Crippen LogP) is 4.16. The van der Waals surface area contributed by atoms with E-state index in [2.05, 4.69) is 0 Å². The van der Waals surface area contributed by atoms with Crippen LogP contribution < -0.4 is 5.73 Å². The topological polar surface area (TPSA) is 63.3 Å². The van der Waals surface area contributed by atoms with Crippen LogP contribution in [-0.4, -0.2) is 11.1 Å². The van der Waals surface area contributed by atoms with Gasteiger partial charge in [-0.2, -0.15) is 13.2 Å². The Morgan fingerprint density at radius 1 is 1.33 bits per heavy atom. The lowest BCUT2D eigenvalue weighted by Crippen LogP contribution is -2.05. The third-order valence-electron chi connectivity index (χ3n) is 2.93. The van der Waals surface area contributed by atoms with Crippen LogP contribution >= 0.6 is 11.3 Å². The second-order valence-corrected chi connectivity index (χ2v) is 5.32. The van der Waals surface area contributed by atoms with Crippen molar-refractivity contribution in [2.75, 3.05) is 5.73 Å². The summed E-state index contributed by atoms with van der Waals surface area (Å²) in [6, 6.07) is 1.98. The third-order valence-corrected chi connectivity index (χ3v) is 4.25. The highest BCUT2D eigenvalue weighted by Gasteiger charge is 2.32. The molecule has 0 amide bonds. The Bertz CT molecular complexity index is 722. The Labute approximate surface area is 120 Å². The zero-order valence-electron chi connectivity index (χ0n) is 10.6. The van der Waals surface area contributed by atoms with Crippen LogP contribution in [0.2, 0.25) is 0 Å². The van der Waals surface area contributed by atoms with Crippen LogP contribution in [0.4, 0.5) is 23.2 Å². The first-order chi connectivity index (χ1) is 9.62. The van der Waals surface area contributed by atoms with E-state index in [1.165, 1.54) is 6.92 Å². The summed E-state index contributed by atoms with van der Waals surface area (Å²) in [5.41, 5.74) is 4.45. The second-order valence-electron chi connectivity index (χ2n) is 4.30. The van der Waals surface area contributed by atoms with Gasteiger partial charge in [-0.15, -0.1) is 11.3 Å². The van der Waals surface area contributed by atoms with Gasteiger partial charge in [0.2, 0.25) is 0 Å². The number of benzene rings is 1. The Kier molecular flexibility index (Phi) is 3.66. The maximum atomic E-state index is 13.8. The fourth-order valence-corrected chi connectivity index (χ4v) is 2.90. The molecule has 8 heteroatoms. The molecule has 21 heavy (non-hydrogen) atoms. The van der Waals surface area contributed by atoms with Gasteiger partial charge in [0.15, 0.2) is 0 Å². The molecule has 0 radical (unpaired) electrons. The number of anilines is 1.